The fourth-order valence-electron chi connectivity index (χ4n) is 16.3. The predicted octanol–water partition coefficient (Wildman–Crippen LogP) is 2.38. The monoisotopic (exact) mass is 1870 g/mol. The van der Waals surface area contributed by atoms with E-state index >= 15 is 0 Å². The Hall–Kier alpha value is -10.0. The van der Waals surface area contributed by atoms with Gasteiger partial charge in [-0.25, -0.2) is 0 Å². The Balaban J connectivity index is 0.00000103. The summed E-state index contributed by atoms with van der Waals surface area (Å²) in [6.45, 7) is 14.3. The zero-order chi connectivity index (χ0) is 95.2. The van der Waals surface area contributed by atoms with E-state index in [0.717, 1.165) is 92.9 Å². The van der Waals surface area contributed by atoms with Crippen molar-refractivity contribution < 1.29 is 139 Å². The van der Waals surface area contributed by atoms with Crippen LogP contribution in [0.4, 0.5) is 0 Å². The maximum atomic E-state index is 13.9. The van der Waals surface area contributed by atoms with E-state index in [4.69, 9.17) is 42.6 Å². The Morgan fingerprint density at radius 2 is 0.667 bits per heavy atom. The molecule has 6 saturated heterocycles. The van der Waals surface area contributed by atoms with Crippen LogP contribution in [0.15, 0.2) is 108 Å². The van der Waals surface area contributed by atoms with Gasteiger partial charge in [0.2, 0.25) is 53.2 Å². The second kappa shape index (κ2) is 50.3. The normalized spacial score (nSPS) is 23.0. The van der Waals surface area contributed by atoms with Crippen LogP contribution in [-0.2, 0) is 92.4 Å². The molecule has 14 N–H and O–H groups in total. The van der Waals surface area contributed by atoms with E-state index in [1.165, 1.54) is 28.1 Å². The number of benzene rings is 3. The summed E-state index contributed by atoms with van der Waals surface area (Å²) in [6, 6.07) is 8.66. The molecule has 0 saturated carbocycles. The highest BCUT2D eigenvalue weighted by Crippen LogP contribution is 2.36. The molecule has 9 aliphatic rings. The van der Waals surface area contributed by atoms with Crippen molar-refractivity contribution in [2.75, 3.05) is 146 Å². The lowest BCUT2D eigenvalue weighted by Gasteiger charge is -2.30. The van der Waals surface area contributed by atoms with Crippen molar-refractivity contribution in [3.8, 4) is 17.2 Å². The highest BCUT2D eigenvalue weighted by atomic mass is 16.6. The number of methoxy groups -OCH3 is 3. The number of carbonyl (C=O) groups is 12. The number of morpholine rings is 3. The zero-order valence-electron chi connectivity index (χ0n) is 76.9. The molecule has 38 nitrogen and oxygen atoms in total. The molecule has 16 atom stereocenters. The van der Waals surface area contributed by atoms with E-state index in [0.29, 0.717) is 127 Å². The predicted molar refractivity (Wildman–Crippen MR) is 498 cm³/mol. The van der Waals surface area contributed by atoms with Gasteiger partial charge in [-0.3, -0.25) is 72.2 Å². The minimum atomic E-state index is -1.58. The Morgan fingerprint density at radius 1 is 0.371 bits per heavy atom. The molecule has 38 heteroatoms. The van der Waals surface area contributed by atoms with Gasteiger partial charge in [-0.1, -0.05) is 71.3 Å². The minimum absolute atomic E-state index is 0. The Morgan fingerprint density at radius 3 is 0.977 bits per heavy atom. The summed E-state index contributed by atoms with van der Waals surface area (Å²) < 4.78 is 47.7. The molecule has 3 aromatic rings. The van der Waals surface area contributed by atoms with Crippen molar-refractivity contribution in [3.05, 3.63) is 124 Å². The number of epoxide rings is 3. The molecule has 0 radical (unpaired) electrons. The maximum Gasteiger partial charge on any atom is 0.246 e. The number of ketones is 3. The fraction of sp³-hybridized carbons (Fsp3) is 0.617. The summed E-state index contributed by atoms with van der Waals surface area (Å²) in [5, 5.41) is 77.4. The molecule has 6 aliphatic heterocycles. The molecule has 3 aromatic carbocycles. The number of hydrogen-bond acceptors (Lipinski definition) is 29. The second-order valence-corrected chi connectivity index (χ2v) is 35.5. The summed E-state index contributed by atoms with van der Waals surface area (Å²) in [5.74, 6) is -5.08. The van der Waals surface area contributed by atoms with Gasteiger partial charge in [0.25, 0.3) is 0 Å². The third kappa shape index (κ3) is 31.6. The lowest BCUT2D eigenvalue weighted by atomic mass is 9.89. The van der Waals surface area contributed by atoms with Crippen molar-refractivity contribution in [2.45, 2.75) is 227 Å². The van der Waals surface area contributed by atoms with Crippen LogP contribution in [0.5, 0.6) is 17.2 Å². The lowest BCUT2D eigenvalue weighted by molar-refractivity contribution is -0.138. The average Bonchev–Trinajstić information content (AvgIpc) is 1.66. The molecule has 744 valence electrons. The van der Waals surface area contributed by atoms with Crippen LogP contribution < -0.4 is 62.1 Å². The lowest BCUT2D eigenvalue weighted by Crippen LogP contribution is -2.60. The third-order valence-electron chi connectivity index (χ3n) is 24.8. The van der Waals surface area contributed by atoms with E-state index in [1.54, 1.807) is 101 Å². The largest absolute Gasteiger partial charge is 0.497 e. The van der Waals surface area contributed by atoms with Gasteiger partial charge < -0.3 is 116 Å². The Kier molecular flexibility index (Phi) is 39.7. The molecule has 6 fully saturated rings. The molecular weight excluding hydrogens is 1710 g/mol. The number of hydrogen-bond donors (Lipinski definition) is 14. The van der Waals surface area contributed by atoms with Crippen molar-refractivity contribution >= 4 is 70.5 Å². The molecule has 16 unspecified atom stereocenters. The number of rotatable bonds is 45. The number of amides is 9. The molecule has 132 heavy (non-hydrogen) atoms. The highest BCUT2D eigenvalue weighted by molar-refractivity contribution is 6.02. The minimum Gasteiger partial charge on any atom is -0.497 e. The van der Waals surface area contributed by atoms with Gasteiger partial charge >= 0.3 is 0 Å². The average molecular weight is 1870 g/mol. The standard InChI is InChI=1S/C32H46N4O9.C32H46N4O8.C30H42N4O9.9H2/c1-20(37)26(34-25(38)18-36-13-15-44-16-14-36)30(41)35-27(28(39)22-9-11-23(43-3)12-10-22)31(42)33-24(29(40)32(2)19-45-32)17-21-7-5-4-6-8-21;1-21(37)28(35-27(38)19-36-13-15-43-16-14-36)31(41)34-26(18-23-9-11-24(42-3)12-10-23)30(40)33-25(29(39)32(2)20-44-32)17-22-7-5-4-6-8-22;1-30(18-43-30)27(38)22(15-19-5-3-4-6-19)32-29(40)25(26(37)20-7-9-21(41-2)10-8-20)33-28(39)23(17-35)31-24(36)16-34-11-13-42-14-12-34;;;;;;;;;/h7,9-12,20,24,26-28,37,39H,4-6,8,13-19H2,1-3H3,(H,33,42)(H,34,38)(H,35,41);7,9-12,21,25-26,28,37H,4-6,8,13-20H2,1-3H3,(H,33,40)(H,34,41)(H,35,38);5,7-10,22-23,25-26,35,37H,3-4,6,11-18H2,1-2H3,(H,31,36)(H,32,40)(H,33,39);9*1H. The number of carbonyl (C=O) groups excluding carboxylic acids is 12. The van der Waals surface area contributed by atoms with Gasteiger partial charge in [0.1, 0.15) is 82.5 Å². The van der Waals surface area contributed by atoms with Crippen molar-refractivity contribution in [2.24, 2.45) is 0 Å². The molecule has 0 aromatic heterocycles. The number of allylic oxidation sites excluding steroid dienone is 3. The van der Waals surface area contributed by atoms with Gasteiger partial charge in [0.05, 0.1) is 137 Å². The summed E-state index contributed by atoms with van der Waals surface area (Å²) in [6.07, 6.45) is 12.1. The van der Waals surface area contributed by atoms with E-state index < -0.39 is 155 Å². The smallest absolute Gasteiger partial charge is 0.246 e. The van der Waals surface area contributed by atoms with Gasteiger partial charge in [-0.15, -0.1) is 0 Å². The first-order valence-electron chi connectivity index (χ1n) is 45.6. The van der Waals surface area contributed by atoms with Gasteiger partial charge in [0, 0.05) is 58.5 Å². The Labute approximate surface area is 783 Å². The van der Waals surface area contributed by atoms with E-state index in [1.807, 2.05) is 14.7 Å². The third-order valence-corrected chi connectivity index (χ3v) is 24.8. The first-order chi connectivity index (χ1) is 63.2. The van der Waals surface area contributed by atoms with Crippen LogP contribution in [0.3, 0.4) is 0 Å². The zero-order valence-corrected chi connectivity index (χ0v) is 76.9. The van der Waals surface area contributed by atoms with Crippen molar-refractivity contribution in [3.63, 3.8) is 0 Å². The summed E-state index contributed by atoms with van der Waals surface area (Å²) in [5.41, 5.74) is 1.61. The van der Waals surface area contributed by atoms with Crippen LogP contribution >= 0.6 is 0 Å². The summed E-state index contributed by atoms with van der Waals surface area (Å²) in [7, 11) is 4.54. The van der Waals surface area contributed by atoms with E-state index in [2.05, 4.69) is 66.1 Å². The first-order valence-corrected chi connectivity index (χ1v) is 45.6. The number of nitrogens with one attached hydrogen (secondary N) is 9. The summed E-state index contributed by atoms with van der Waals surface area (Å²) >= 11 is 0. The van der Waals surface area contributed by atoms with Crippen LogP contribution in [0.2, 0.25) is 0 Å². The molecule has 6 heterocycles. The molecule has 0 spiro atoms. The number of aliphatic hydroxyl groups excluding tert-OH is 5. The molecule has 3 aliphatic carbocycles. The molecule has 12 rings (SSSR count). The van der Waals surface area contributed by atoms with Crippen LogP contribution in [0.25, 0.3) is 0 Å². The molecule has 9 amide bonds. The molecule has 0 bridgehead atoms. The van der Waals surface area contributed by atoms with E-state index in [-0.39, 0.29) is 75.9 Å². The second-order valence-electron chi connectivity index (χ2n) is 35.5. The summed E-state index contributed by atoms with van der Waals surface area (Å²) in [4.78, 5) is 166. The first kappa shape index (κ1) is 104. The van der Waals surface area contributed by atoms with Gasteiger partial charge in [0.15, 0.2) is 17.3 Å². The highest BCUT2D eigenvalue weighted by Gasteiger charge is 2.54. The van der Waals surface area contributed by atoms with Crippen molar-refractivity contribution in [1.82, 2.24) is 62.6 Å². The quantitative estimate of drug-likeness (QED) is 0.0285. The number of ether oxygens (including phenoxy) is 9. The maximum absolute atomic E-state index is 13.9. The van der Waals surface area contributed by atoms with Crippen molar-refractivity contribution in [1.29, 1.82) is 0 Å². The van der Waals surface area contributed by atoms with Crippen LogP contribution in [0, 0.1) is 0 Å². The van der Waals surface area contributed by atoms with Gasteiger partial charge in [-0.05, 0) is 178 Å². The molecular formula is C94H152N12O26. The Bertz CT molecular complexity index is 4530. The number of Topliss-reactive ketones (excluding diaryl/α,β-unsaturated/α-hetero) is 3. The number of aliphatic hydroxyl groups is 5. The van der Waals surface area contributed by atoms with Crippen LogP contribution in [-0.4, -0.2) is 340 Å². The number of nitrogens with zero attached hydrogens (tertiary/aromatic N) is 3. The van der Waals surface area contributed by atoms with E-state index in [9.17, 15) is 83.1 Å². The van der Waals surface area contributed by atoms with Gasteiger partial charge in [-0.2, -0.15) is 0 Å². The SMILES string of the molecule is COc1ccc(C(O)C(NC(=O)C(CO)NC(=O)CN2CCOCC2)C(=O)NC(CC2=CCCC2)C(=O)C2(C)CO2)cc1.COc1ccc(C(O)C(NC(=O)C(NC(=O)CN2CCOCC2)C(C)O)C(=O)NC(CC2=CCCCC2)C(=O)C2(C)CO2)cc1.COc1ccc(CC(NC(=O)C(NC(=O)CN2CCOCC2)C(C)O)C(=O)NC(CC2=CCCCC2)C(=O)C2(C)CO2)cc1.[HH].[HH].[HH].[HH].[HH].[HH].[HH].[HH].[HH]. The fourth-order valence-corrected chi connectivity index (χ4v) is 16.3. The topological polar surface area (TPSA) is 517 Å². The van der Waals surface area contributed by atoms with Crippen LogP contribution in [0.1, 0.15) is 166 Å².